The van der Waals surface area contributed by atoms with E-state index in [0.717, 1.165) is 5.56 Å². The van der Waals surface area contributed by atoms with Crippen LogP contribution in [0.3, 0.4) is 0 Å². The van der Waals surface area contributed by atoms with Gasteiger partial charge in [-0.3, -0.25) is 4.79 Å². The third-order valence-corrected chi connectivity index (χ3v) is 2.71. The Labute approximate surface area is 125 Å². The van der Waals surface area contributed by atoms with Crippen molar-refractivity contribution in [1.82, 2.24) is 5.32 Å². The molecule has 1 aromatic rings. The molecule has 0 aliphatic heterocycles. The molecule has 0 saturated heterocycles. The van der Waals surface area contributed by atoms with E-state index in [1.165, 1.54) is 0 Å². The number of aliphatic hydroxyl groups is 1. The number of aliphatic hydroxyl groups excluding tert-OH is 1. The van der Waals surface area contributed by atoms with Crippen LogP contribution in [0.1, 0.15) is 22.3 Å². The number of nitrogens with two attached hydrogens (primary N) is 1. The van der Waals surface area contributed by atoms with Gasteiger partial charge < -0.3 is 25.6 Å². The van der Waals surface area contributed by atoms with E-state index in [2.05, 4.69) is 5.32 Å². The minimum atomic E-state index is -0.159. The zero-order valence-corrected chi connectivity index (χ0v) is 12.4. The van der Waals surface area contributed by atoms with Crippen LogP contribution in [0.2, 0.25) is 0 Å². The van der Waals surface area contributed by atoms with Crippen molar-refractivity contribution in [2.45, 2.75) is 13.3 Å². The Kier molecular flexibility index (Phi) is 8.42. The standard InChI is InChI=1S/C15H24N2O4/c1-12-9-13(11-14(16)10-12)15(19)17-3-6-21-8-7-20-5-2-4-18/h9-11,18H,2-8,16H2,1H3,(H,17,19). The molecular formula is C15H24N2O4. The van der Waals surface area contributed by atoms with Crippen LogP contribution in [0.25, 0.3) is 0 Å². The van der Waals surface area contributed by atoms with Crippen LogP contribution in [0.5, 0.6) is 0 Å². The summed E-state index contributed by atoms with van der Waals surface area (Å²) in [4.78, 5) is 11.9. The van der Waals surface area contributed by atoms with E-state index in [9.17, 15) is 4.79 Å². The van der Waals surface area contributed by atoms with Gasteiger partial charge in [0.05, 0.1) is 19.8 Å². The lowest BCUT2D eigenvalue weighted by Crippen LogP contribution is -2.27. The fourth-order valence-electron chi connectivity index (χ4n) is 1.77. The van der Waals surface area contributed by atoms with Crippen LogP contribution in [-0.4, -0.2) is 50.6 Å². The summed E-state index contributed by atoms with van der Waals surface area (Å²) >= 11 is 0. The van der Waals surface area contributed by atoms with Crippen molar-refractivity contribution in [3.63, 3.8) is 0 Å². The highest BCUT2D eigenvalue weighted by Gasteiger charge is 2.06. The maximum absolute atomic E-state index is 11.9. The maximum atomic E-state index is 11.9. The number of benzene rings is 1. The van der Waals surface area contributed by atoms with Gasteiger partial charge in [0.2, 0.25) is 0 Å². The molecule has 0 saturated carbocycles. The van der Waals surface area contributed by atoms with Crippen molar-refractivity contribution in [3.8, 4) is 0 Å². The SMILES string of the molecule is Cc1cc(N)cc(C(=O)NCCOCCOCCCO)c1. The molecule has 0 aromatic heterocycles. The van der Waals surface area contributed by atoms with E-state index < -0.39 is 0 Å². The van der Waals surface area contributed by atoms with E-state index in [-0.39, 0.29) is 12.5 Å². The summed E-state index contributed by atoms with van der Waals surface area (Å²) < 4.78 is 10.5. The summed E-state index contributed by atoms with van der Waals surface area (Å²) in [5.74, 6) is -0.159. The van der Waals surface area contributed by atoms with Crippen molar-refractivity contribution in [3.05, 3.63) is 29.3 Å². The monoisotopic (exact) mass is 296 g/mol. The van der Waals surface area contributed by atoms with E-state index in [0.29, 0.717) is 50.6 Å². The molecule has 6 nitrogen and oxygen atoms in total. The molecule has 0 radical (unpaired) electrons. The molecule has 0 aliphatic rings. The van der Waals surface area contributed by atoms with Crippen molar-refractivity contribution >= 4 is 11.6 Å². The van der Waals surface area contributed by atoms with Gasteiger partial charge in [-0.15, -0.1) is 0 Å². The van der Waals surface area contributed by atoms with Crippen LogP contribution in [0.4, 0.5) is 5.69 Å². The first-order valence-electron chi connectivity index (χ1n) is 7.05. The van der Waals surface area contributed by atoms with Gasteiger partial charge in [0.1, 0.15) is 0 Å². The van der Waals surface area contributed by atoms with Gasteiger partial charge in [-0.2, -0.15) is 0 Å². The van der Waals surface area contributed by atoms with Crippen molar-refractivity contribution in [1.29, 1.82) is 0 Å². The molecule has 21 heavy (non-hydrogen) atoms. The lowest BCUT2D eigenvalue weighted by Gasteiger charge is -2.08. The number of aryl methyl sites for hydroxylation is 1. The molecule has 1 aromatic carbocycles. The lowest BCUT2D eigenvalue weighted by molar-refractivity contribution is 0.0432. The van der Waals surface area contributed by atoms with Crippen LogP contribution in [0, 0.1) is 6.92 Å². The first-order chi connectivity index (χ1) is 10.1. The van der Waals surface area contributed by atoms with E-state index >= 15 is 0 Å². The number of carbonyl (C=O) groups is 1. The Bertz CT molecular complexity index is 417. The molecule has 118 valence electrons. The predicted octanol–water partition coefficient (Wildman–Crippen LogP) is 0.723. The molecule has 6 heteroatoms. The number of nitrogen functional groups attached to an aromatic ring is 1. The molecule has 0 aliphatic carbocycles. The molecule has 0 unspecified atom stereocenters. The third-order valence-electron chi connectivity index (χ3n) is 2.71. The maximum Gasteiger partial charge on any atom is 0.251 e. The summed E-state index contributed by atoms with van der Waals surface area (Å²) in [6.45, 7) is 4.38. The number of amides is 1. The van der Waals surface area contributed by atoms with Gasteiger partial charge in [0.25, 0.3) is 5.91 Å². The first-order valence-corrected chi connectivity index (χ1v) is 7.05. The molecule has 0 spiro atoms. The second-order valence-corrected chi connectivity index (χ2v) is 4.69. The summed E-state index contributed by atoms with van der Waals surface area (Å²) in [7, 11) is 0. The second-order valence-electron chi connectivity index (χ2n) is 4.69. The van der Waals surface area contributed by atoms with Gasteiger partial charge in [0, 0.05) is 31.0 Å². The Morgan fingerprint density at radius 2 is 1.90 bits per heavy atom. The average Bonchev–Trinajstić information content (AvgIpc) is 2.44. The molecule has 1 amide bonds. The molecular weight excluding hydrogens is 272 g/mol. The summed E-state index contributed by atoms with van der Waals surface area (Å²) in [6.07, 6.45) is 0.635. The van der Waals surface area contributed by atoms with Crippen LogP contribution in [-0.2, 0) is 9.47 Å². The third kappa shape index (κ3) is 7.65. The van der Waals surface area contributed by atoms with Crippen molar-refractivity contribution in [2.24, 2.45) is 0 Å². The molecule has 0 fully saturated rings. The normalized spacial score (nSPS) is 10.6. The number of hydrogen-bond donors (Lipinski definition) is 3. The average molecular weight is 296 g/mol. The van der Waals surface area contributed by atoms with Gasteiger partial charge in [-0.1, -0.05) is 0 Å². The Morgan fingerprint density at radius 3 is 2.57 bits per heavy atom. The Hall–Kier alpha value is -1.63. The van der Waals surface area contributed by atoms with Gasteiger partial charge in [-0.25, -0.2) is 0 Å². The first kappa shape index (κ1) is 17.4. The minimum absolute atomic E-state index is 0.135. The van der Waals surface area contributed by atoms with Gasteiger partial charge >= 0.3 is 0 Å². The predicted molar refractivity (Wildman–Crippen MR) is 81.3 cm³/mol. The Morgan fingerprint density at radius 1 is 1.19 bits per heavy atom. The highest BCUT2D eigenvalue weighted by molar-refractivity contribution is 5.95. The highest BCUT2D eigenvalue weighted by atomic mass is 16.5. The fourth-order valence-corrected chi connectivity index (χ4v) is 1.77. The number of anilines is 1. The highest BCUT2D eigenvalue weighted by Crippen LogP contribution is 2.10. The van der Waals surface area contributed by atoms with Crippen LogP contribution < -0.4 is 11.1 Å². The van der Waals surface area contributed by atoms with Crippen molar-refractivity contribution < 1.29 is 19.4 Å². The van der Waals surface area contributed by atoms with Crippen LogP contribution in [0.15, 0.2) is 18.2 Å². The zero-order chi connectivity index (χ0) is 15.5. The second kappa shape index (κ2) is 10.1. The quantitative estimate of drug-likeness (QED) is 0.437. The summed E-state index contributed by atoms with van der Waals surface area (Å²) in [6, 6.07) is 5.26. The van der Waals surface area contributed by atoms with E-state index in [4.69, 9.17) is 20.3 Å². The molecule has 4 N–H and O–H groups in total. The molecule has 1 rings (SSSR count). The number of carbonyl (C=O) groups excluding carboxylic acids is 1. The smallest absolute Gasteiger partial charge is 0.251 e. The Balaban J connectivity index is 2.11. The van der Waals surface area contributed by atoms with E-state index in [1.807, 2.05) is 13.0 Å². The van der Waals surface area contributed by atoms with Gasteiger partial charge in [0.15, 0.2) is 0 Å². The lowest BCUT2D eigenvalue weighted by atomic mass is 10.1. The number of nitrogens with one attached hydrogen (secondary N) is 1. The topological polar surface area (TPSA) is 93.8 Å². The molecule has 0 bridgehead atoms. The fraction of sp³-hybridized carbons (Fsp3) is 0.533. The number of hydrogen-bond acceptors (Lipinski definition) is 5. The largest absolute Gasteiger partial charge is 0.399 e. The van der Waals surface area contributed by atoms with Crippen LogP contribution >= 0.6 is 0 Å². The molecule has 0 heterocycles. The van der Waals surface area contributed by atoms with E-state index in [1.54, 1.807) is 12.1 Å². The number of ether oxygens (including phenoxy) is 2. The summed E-state index contributed by atoms with van der Waals surface area (Å²) in [5, 5.41) is 11.3. The minimum Gasteiger partial charge on any atom is -0.399 e. The van der Waals surface area contributed by atoms with Crippen molar-refractivity contribution in [2.75, 3.05) is 45.3 Å². The number of rotatable bonds is 10. The van der Waals surface area contributed by atoms with Gasteiger partial charge in [-0.05, 0) is 37.1 Å². The molecule has 0 atom stereocenters. The zero-order valence-electron chi connectivity index (χ0n) is 12.4. The summed E-state index contributed by atoms with van der Waals surface area (Å²) in [5.41, 5.74) is 7.80.